The average molecular weight is 303 g/mol. The molecule has 4 amide bonds. The Labute approximate surface area is 128 Å². The highest BCUT2D eigenvalue weighted by Gasteiger charge is 2.37. The van der Waals surface area contributed by atoms with Crippen molar-refractivity contribution in [2.24, 2.45) is 10.9 Å². The first-order chi connectivity index (χ1) is 10.5. The first kappa shape index (κ1) is 15.7. The van der Waals surface area contributed by atoms with Gasteiger partial charge < -0.3 is 4.74 Å². The van der Waals surface area contributed by atoms with Gasteiger partial charge in [0.05, 0.1) is 7.11 Å². The lowest BCUT2D eigenvalue weighted by Gasteiger charge is -2.24. The number of methoxy groups -OCH3 is 1. The van der Waals surface area contributed by atoms with Crippen LogP contribution < -0.4 is 10.1 Å². The maximum atomic E-state index is 11.8. The molecule has 1 fully saturated rings. The molecule has 1 aromatic rings. The van der Waals surface area contributed by atoms with Crippen LogP contribution in [0.4, 0.5) is 4.79 Å². The Kier molecular flexibility index (Phi) is 4.88. The number of ether oxygens (including phenoxy) is 1. The molecular weight excluding hydrogens is 286 g/mol. The largest absolute Gasteiger partial charge is 0.497 e. The van der Waals surface area contributed by atoms with Crippen LogP contribution in [-0.2, 0) is 16.0 Å². The minimum Gasteiger partial charge on any atom is -0.497 e. The second-order valence-corrected chi connectivity index (χ2v) is 4.82. The molecule has 1 saturated heterocycles. The molecule has 0 spiro atoms. The van der Waals surface area contributed by atoms with E-state index in [2.05, 4.69) is 10.3 Å². The molecule has 0 radical (unpaired) electrons. The van der Waals surface area contributed by atoms with Gasteiger partial charge in [0.1, 0.15) is 5.75 Å². The lowest BCUT2D eigenvalue weighted by atomic mass is 10.1. The highest BCUT2D eigenvalue weighted by molar-refractivity contribution is 6.23. The van der Waals surface area contributed by atoms with E-state index < -0.39 is 23.8 Å². The number of barbiturate groups is 1. The quantitative estimate of drug-likeness (QED) is 0.638. The molecule has 7 nitrogen and oxygen atoms in total. The molecule has 1 aromatic carbocycles. The van der Waals surface area contributed by atoms with Crippen molar-refractivity contribution in [1.29, 1.82) is 0 Å². The predicted octanol–water partition coefficient (Wildman–Crippen LogP) is 0.633. The fraction of sp³-hybridized carbons (Fsp3) is 0.333. The average Bonchev–Trinajstić information content (AvgIpc) is 2.52. The van der Waals surface area contributed by atoms with E-state index >= 15 is 0 Å². The number of hydrogen-bond donors (Lipinski definition) is 1. The van der Waals surface area contributed by atoms with E-state index in [1.165, 1.54) is 13.3 Å². The van der Waals surface area contributed by atoms with E-state index in [-0.39, 0.29) is 0 Å². The Balaban J connectivity index is 1.90. The predicted molar refractivity (Wildman–Crippen MR) is 79.9 cm³/mol. The standard InChI is InChI=1S/C15H17N3O4/c1-18-14(20)12(13(19)17-15(18)21)9-16-8-7-10-3-5-11(22-2)6-4-10/h3-6,9,12H,7-8H2,1-2H3,(H,17,19,21)/t12-/m1/s1. The Hall–Kier alpha value is -2.70. The van der Waals surface area contributed by atoms with Crippen molar-refractivity contribution in [1.82, 2.24) is 10.2 Å². The summed E-state index contributed by atoms with van der Waals surface area (Å²) in [5.41, 5.74) is 1.07. The SMILES string of the molecule is COc1ccc(CCN=C[C@@H]2C(=O)NC(=O)N(C)C2=O)cc1. The highest BCUT2D eigenvalue weighted by atomic mass is 16.5. The molecule has 1 N–H and O–H groups in total. The number of amides is 4. The molecule has 0 bridgehead atoms. The van der Waals surface area contributed by atoms with Crippen LogP contribution in [0.15, 0.2) is 29.3 Å². The maximum absolute atomic E-state index is 11.8. The second kappa shape index (κ2) is 6.84. The molecule has 0 aromatic heterocycles. The zero-order chi connectivity index (χ0) is 16.1. The minimum atomic E-state index is -1.04. The van der Waals surface area contributed by atoms with Crippen molar-refractivity contribution in [3.05, 3.63) is 29.8 Å². The van der Waals surface area contributed by atoms with Gasteiger partial charge in [0, 0.05) is 19.8 Å². The number of benzene rings is 1. The Bertz CT molecular complexity index is 610. The normalized spacial score (nSPS) is 18.7. The summed E-state index contributed by atoms with van der Waals surface area (Å²) < 4.78 is 5.07. The molecule has 1 aliphatic heterocycles. The summed E-state index contributed by atoms with van der Waals surface area (Å²) in [5, 5.41) is 2.10. The Morgan fingerprint density at radius 2 is 1.95 bits per heavy atom. The van der Waals surface area contributed by atoms with Gasteiger partial charge in [-0.1, -0.05) is 12.1 Å². The van der Waals surface area contributed by atoms with Crippen molar-refractivity contribution in [2.75, 3.05) is 20.7 Å². The van der Waals surface area contributed by atoms with Gasteiger partial charge >= 0.3 is 6.03 Å². The molecular formula is C15H17N3O4. The molecule has 0 aliphatic carbocycles. The van der Waals surface area contributed by atoms with E-state index in [4.69, 9.17) is 4.74 Å². The van der Waals surface area contributed by atoms with Gasteiger partial charge in [-0.2, -0.15) is 0 Å². The molecule has 1 aliphatic rings. The monoisotopic (exact) mass is 303 g/mol. The number of carbonyl (C=O) groups is 3. The molecule has 1 atom stereocenters. The van der Waals surface area contributed by atoms with Crippen LogP contribution in [0.3, 0.4) is 0 Å². The first-order valence-electron chi connectivity index (χ1n) is 6.78. The molecule has 0 saturated carbocycles. The van der Waals surface area contributed by atoms with Crippen LogP contribution in [0.1, 0.15) is 5.56 Å². The highest BCUT2D eigenvalue weighted by Crippen LogP contribution is 2.12. The van der Waals surface area contributed by atoms with E-state index in [9.17, 15) is 14.4 Å². The van der Waals surface area contributed by atoms with Gasteiger partial charge in [0.25, 0.3) is 0 Å². The number of aliphatic imine (C=N–C) groups is 1. The Morgan fingerprint density at radius 3 is 2.59 bits per heavy atom. The third-order valence-electron chi connectivity index (χ3n) is 3.36. The summed E-state index contributed by atoms with van der Waals surface area (Å²) in [6.45, 7) is 0.445. The fourth-order valence-electron chi connectivity index (χ4n) is 1.99. The van der Waals surface area contributed by atoms with Crippen molar-refractivity contribution < 1.29 is 19.1 Å². The summed E-state index contributed by atoms with van der Waals surface area (Å²) in [4.78, 5) is 39.7. The molecule has 22 heavy (non-hydrogen) atoms. The molecule has 116 valence electrons. The third kappa shape index (κ3) is 3.49. The number of imide groups is 2. The fourth-order valence-corrected chi connectivity index (χ4v) is 1.99. The molecule has 1 heterocycles. The molecule has 2 rings (SSSR count). The van der Waals surface area contributed by atoms with Gasteiger partial charge in [-0.25, -0.2) is 4.79 Å². The van der Waals surface area contributed by atoms with Gasteiger partial charge in [0.15, 0.2) is 5.92 Å². The minimum absolute atomic E-state index is 0.445. The van der Waals surface area contributed by atoms with Gasteiger partial charge in [-0.15, -0.1) is 0 Å². The summed E-state index contributed by atoms with van der Waals surface area (Å²) >= 11 is 0. The maximum Gasteiger partial charge on any atom is 0.330 e. The van der Waals surface area contributed by atoms with Crippen molar-refractivity contribution >= 4 is 24.1 Å². The summed E-state index contributed by atoms with van der Waals surface area (Å²) in [5.74, 6) is -1.47. The van der Waals surface area contributed by atoms with Crippen molar-refractivity contribution in [2.45, 2.75) is 6.42 Å². The van der Waals surface area contributed by atoms with Gasteiger partial charge in [0.2, 0.25) is 11.8 Å². The van der Waals surface area contributed by atoms with E-state index in [1.54, 1.807) is 7.11 Å². The molecule has 0 unspecified atom stereocenters. The van der Waals surface area contributed by atoms with E-state index in [0.717, 1.165) is 16.2 Å². The molecule has 7 heteroatoms. The zero-order valence-corrected chi connectivity index (χ0v) is 12.4. The van der Waals surface area contributed by atoms with Crippen LogP contribution >= 0.6 is 0 Å². The van der Waals surface area contributed by atoms with E-state index in [0.29, 0.717) is 13.0 Å². The topological polar surface area (TPSA) is 88.1 Å². The van der Waals surface area contributed by atoms with Crippen LogP contribution in [0.5, 0.6) is 5.75 Å². The van der Waals surface area contributed by atoms with Crippen LogP contribution in [0.2, 0.25) is 0 Å². The second-order valence-electron chi connectivity index (χ2n) is 4.82. The van der Waals surface area contributed by atoms with Crippen LogP contribution in [0.25, 0.3) is 0 Å². The number of hydrogen-bond acceptors (Lipinski definition) is 5. The zero-order valence-electron chi connectivity index (χ0n) is 12.4. The summed E-state index contributed by atoms with van der Waals surface area (Å²) in [7, 11) is 2.93. The van der Waals surface area contributed by atoms with Crippen molar-refractivity contribution in [3.8, 4) is 5.75 Å². The van der Waals surface area contributed by atoms with E-state index in [1.807, 2.05) is 24.3 Å². The number of rotatable bonds is 5. The summed E-state index contributed by atoms with van der Waals surface area (Å²) in [6, 6.07) is 6.87. The lowest BCUT2D eigenvalue weighted by Crippen LogP contribution is -2.56. The van der Waals surface area contributed by atoms with Gasteiger partial charge in [-0.3, -0.25) is 24.8 Å². The first-order valence-corrected chi connectivity index (χ1v) is 6.78. The lowest BCUT2D eigenvalue weighted by molar-refractivity contribution is -0.138. The Morgan fingerprint density at radius 1 is 1.27 bits per heavy atom. The number of carbonyl (C=O) groups excluding carboxylic acids is 3. The number of nitrogens with zero attached hydrogens (tertiary/aromatic N) is 2. The van der Waals surface area contributed by atoms with Gasteiger partial charge in [-0.05, 0) is 24.1 Å². The smallest absolute Gasteiger partial charge is 0.330 e. The van der Waals surface area contributed by atoms with Crippen LogP contribution in [-0.4, -0.2) is 49.7 Å². The summed E-state index contributed by atoms with van der Waals surface area (Å²) in [6.07, 6.45) is 1.97. The number of urea groups is 1. The number of nitrogens with one attached hydrogen (secondary N) is 1. The third-order valence-corrected chi connectivity index (χ3v) is 3.36. The van der Waals surface area contributed by atoms with Crippen LogP contribution in [0, 0.1) is 5.92 Å². The van der Waals surface area contributed by atoms with Crippen molar-refractivity contribution in [3.63, 3.8) is 0 Å².